The summed E-state index contributed by atoms with van der Waals surface area (Å²) in [5.74, 6) is 0.0109. The summed E-state index contributed by atoms with van der Waals surface area (Å²) in [6.45, 7) is 5.03. The number of hydrogen-bond acceptors (Lipinski definition) is 4. The fourth-order valence-corrected chi connectivity index (χ4v) is 3.81. The molecule has 2 aromatic rings. The summed E-state index contributed by atoms with van der Waals surface area (Å²) in [6.07, 6.45) is 3.71. The van der Waals surface area contributed by atoms with Crippen LogP contribution in [0.3, 0.4) is 0 Å². The van der Waals surface area contributed by atoms with Crippen LogP contribution in [-0.2, 0) is 24.1 Å². The van der Waals surface area contributed by atoms with Crippen molar-refractivity contribution in [1.82, 2.24) is 14.5 Å². The highest BCUT2D eigenvalue weighted by Gasteiger charge is 2.30. The van der Waals surface area contributed by atoms with Gasteiger partial charge in [-0.15, -0.1) is 0 Å². The smallest absolute Gasteiger partial charge is 0.290 e. The fourth-order valence-electron chi connectivity index (χ4n) is 3.81. The number of fused-ring (bicyclic) bond motifs is 1. The van der Waals surface area contributed by atoms with Gasteiger partial charge in [0, 0.05) is 25.3 Å². The number of amides is 2. The van der Waals surface area contributed by atoms with E-state index in [1.165, 1.54) is 5.56 Å². The third kappa shape index (κ3) is 3.67. The van der Waals surface area contributed by atoms with Crippen molar-refractivity contribution >= 4 is 17.5 Å². The lowest BCUT2D eigenvalue weighted by Crippen LogP contribution is -2.42. The maximum absolute atomic E-state index is 13.0. The zero-order valence-electron chi connectivity index (χ0n) is 16.2. The van der Waals surface area contributed by atoms with Crippen molar-refractivity contribution in [1.29, 1.82) is 0 Å². The number of rotatable bonds is 4. The second-order valence-corrected chi connectivity index (χ2v) is 7.25. The van der Waals surface area contributed by atoms with Crippen LogP contribution in [0.2, 0.25) is 0 Å². The summed E-state index contributed by atoms with van der Waals surface area (Å²) in [5.41, 5.74) is 3.19. The quantitative estimate of drug-likeness (QED) is 0.882. The van der Waals surface area contributed by atoms with E-state index in [0.717, 1.165) is 43.6 Å². The second kappa shape index (κ2) is 8.14. The Morgan fingerprint density at radius 3 is 2.57 bits per heavy atom. The molecule has 148 valence electrons. The van der Waals surface area contributed by atoms with Crippen LogP contribution >= 0.6 is 0 Å². The number of imidazole rings is 1. The Labute approximate surface area is 164 Å². The summed E-state index contributed by atoms with van der Waals surface area (Å²) in [7, 11) is 0. The van der Waals surface area contributed by atoms with Crippen LogP contribution in [0, 0.1) is 0 Å². The zero-order valence-corrected chi connectivity index (χ0v) is 16.2. The minimum absolute atomic E-state index is 0.113. The largest absolute Gasteiger partial charge is 0.378 e. The van der Waals surface area contributed by atoms with E-state index >= 15 is 0 Å². The second-order valence-electron chi connectivity index (χ2n) is 7.25. The molecule has 1 N–H and O–H groups in total. The summed E-state index contributed by atoms with van der Waals surface area (Å²) >= 11 is 0. The van der Waals surface area contributed by atoms with Crippen LogP contribution in [0.15, 0.2) is 24.3 Å². The number of aryl methyl sites for hydroxylation is 1. The number of nitrogens with one attached hydrogen (secondary N) is 1. The first-order chi connectivity index (χ1) is 13.7. The fraction of sp³-hybridized carbons (Fsp3) is 0.476. The molecule has 2 aliphatic rings. The first-order valence-corrected chi connectivity index (χ1v) is 10.0. The van der Waals surface area contributed by atoms with Crippen molar-refractivity contribution in [2.45, 2.75) is 39.2 Å². The molecule has 1 aromatic heterocycles. The lowest BCUT2D eigenvalue weighted by molar-refractivity contribution is 0.0291. The zero-order chi connectivity index (χ0) is 19.5. The average Bonchev–Trinajstić information content (AvgIpc) is 3.14. The average molecular weight is 382 g/mol. The molecular formula is C21H26N4O3. The molecule has 0 spiro atoms. The van der Waals surface area contributed by atoms with Crippen LogP contribution in [0.25, 0.3) is 0 Å². The van der Waals surface area contributed by atoms with Crippen molar-refractivity contribution in [3.05, 3.63) is 47.0 Å². The van der Waals surface area contributed by atoms with Gasteiger partial charge in [-0.05, 0) is 43.4 Å². The number of nitrogens with zero attached hydrogens (tertiary/aromatic N) is 3. The highest BCUT2D eigenvalue weighted by atomic mass is 16.5. The van der Waals surface area contributed by atoms with E-state index < -0.39 is 0 Å². The molecule has 0 bridgehead atoms. The Morgan fingerprint density at radius 1 is 1.11 bits per heavy atom. The lowest BCUT2D eigenvalue weighted by Gasteiger charge is -2.27. The Balaban J connectivity index is 1.60. The number of carbonyl (C=O) groups is 2. The van der Waals surface area contributed by atoms with E-state index in [-0.39, 0.29) is 11.8 Å². The predicted molar refractivity (Wildman–Crippen MR) is 106 cm³/mol. The van der Waals surface area contributed by atoms with Crippen molar-refractivity contribution in [3.8, 4) is 0 Å². The van der Waals surface area contributed by atoms with Gasteiger partial charge in [0.25, 0.3) is 11.8 Å². The third-order valence-electron chi connectivity index (χ3n) is 5.44. The van der Waals surface area contributed by atoms with Crippen molar-refractivity contribution in [3.63, 3.8) is 0 Å². The summed E-state index contributed by atoms with van der Waals surface area (Å²) in [5, 5.41) is 2.93. The first kappa shape index (κ1) is 18.7. The van der Waals surface area contributed by atoms with E-state index in [1.54, 1.807) is 4.90 Å². The molecule has 1 aromatic carbocycles. The highest BCUT2D eigenvalue weighted by molar-refractivity contribution is 6.05. The standard InChI is InChI=1S/C21H26N4O3/c1-2-15-6-8-16(9-7-15)22-20(26)18-17-5-3-4-10-25(17)19(23-18)21(27)24-11-13-28-14-12-24/h6-9H,2-5,10-14H2,1H3,(H,22,26). The Bertz CT molecular complexity index is 867. The van der Waals surface area contributed by atoms with Gasteiger partial charge in [0.05, 0.1) is 18.9 Å². The minimum Gasteiger partial charge on any atom is -0.378 e. The van der Waals surface area contributed by atoms with Gasteiger partial charge in [-0.25, -0.2) is 4.98 Å². The maximum atomic E-state index is 13.0. The first-order valence-electron chi connectivity index (χ1n) is 10.0. The monoisotopic (exact) mass is 382 g/mol. The molecule has 3 heterocycles. The molecule has 0 aliphatic carbocycles. The van der Waals surface area contributed by atoms with Gasteiger partial charge in [0.15, 0.2) is 11.5 Å². The van der Waals surface area contributed by atoms with E-state index in [4.69, 9.17) is 4.74 Å². The van der Waals surface area contributed by atoms with Gasteiger partial charge in [0.2, 0.25) is 0 Å². The van der Waals surface area contributed by atoms with Crippen molar-refractivity contribution in [2.75, 3.05) is 31.6 Å². The maximum Gasteiger partial charge on any atom is 0.290 e. The molecular weight excluding hydrogens is 356 g/mol. The molecule has 0 radical (unpaired) electrons. The summed E-state index contributed by atoms with van der Waals surface area (Å²) in [6, 6.07) is 7.81. The number of carbonyl (C=O) groups excluding carboxylic acids is 2. The number of hydrogen-bond donors (Lipinski definition) is 1. The van der Waals surface area contributed by atoms with Gasteiger partial charge in [0.1, 0.15) is 0 Å². The van der Waals surface area contributed by atoms with E-state index in [9.17, 15) is 9.59 Å². The third-order valence-corrected chi connectivity index (χ3v) is 5.44. The number of morpholine rings is 1. The van der Waals surface area contributed by atoms with Gasteiger partial charge in [-0.3, -0.25) is 9.59 Å². The lowest BCUT2D eigenvalue weighted by atomic mass is 10.1. The number of aromatic nitrogens is 2. The molecule has 0 saturated carbocycles. The Morgan fingerprint density at radius 2 is 1.86 bits per heavy atom. The highest BCUT2D eigenvalue weighted by Crippen LogP contribution is 2.23. The molecule has 4 rings (SSSR count). The van der Waals surface area contributed by atoms with Crippen LogP contribution in [0.4, 0.5) is 5.69 Å². The van der Waals surface area contributed by atoms with Crippen molar-refractivity contribution < 1.29 is 14.3 Å². The van der Waals surface area contributed by atoms with Crippen LogP contribution in [0.5, 0.6) is 0 Å². The van der Waals surface area contributed by atoms with Gasteiger partial charge < -0.3 is 19.5 Å². The Kier molecular flexibility index (Phi) is 5.43. The molecule has 2 aliphatic heterocycles. The molecule has 0 atom stereocenters. The van der Waals surface area contributed by atoms with Crippen LogP contribution < -0.4 is 5.32 Å². The van der Waals surface area contributed by atoms with Gasteiger partial charge in [-0.2, -0.15) is 0 Å². The topological polar surface area (TPSA) is 76.5 Å². The molecule has 2 amide bonds. The number of anilines is 1. The molecule has 28 heavy (non-hydrogen) atoms. The van der Waals surface area contributed by atoms with E-state index in [2.05, 4.69) is 17.2 Å². The number of benzene rings is 1. The molecule has 1 saturated heterocycles. The van der Waals surface area contributed by atoms with Crippen molar-refractivity contribution in [2.24, 2.45) is 0 Å². The number of ether oxygens (including phenoxy) is 1. The normalized spacial score (nSPS) is 16.5. The van der Waals surface area contributed by atoms with Crippen LogP contribution in [0.1, 0.15) is 52.1 Å². The van der Waals surface area contributed by atoms with E-state index in [0.29, 0.717) is 37.8 Å². The summed E-state index contributed by atoms with van der Waals surface area (Å²) in [4.78, 5) is 32.2. The van der Waals surface area contributed by atoms with E-state index in [1.807, 2.05) is 28.8 Å². The molecule has 0 unspecified atom stereocenters. The Hall–Kier alpha value is -2.67. The van der Waals surface area contributed by atoms with Crippen LogP contribution in [-0.4, -0.2) is 52.6 Å². The molecule has 7 nitrogen and oxygen atoms in total. The molecule has 1 fully saturated rings. The molecule has 7 heteroatoms. The summed E-state index contributed by atoms with van der Waals surface area (Å²) < 4.78 is 7.28. The van der Waals surface area contributed by atoms with Gasteiger partial charge in [-0.1, -0.05) is 19.1 Å². The SMILES string of the molecule is CCc1ccc(NC(=O)c2nc(C(=O)N3CCOCC3)n3c2CCCC3)cc1. The predicted octanol–water partition coefficient (Wildman–Crippen LogP) is 2.51. The van der Waals surface area contributed by atoms with Gasteiger partial charge >= 0.3 is 0 Å². The minimum atomic E-state index is -0.254.